The number of benzene rings is 2. The Bertz CT molecular complexity index is 812. The Labute approximate surface area is 168 Å². The summed E-state index contributed by atoms with van der Waals surface area (Å²) in [5.74, 6) is -0.844. The smallest absolute Gasteiger partial charge is 0.242 e. The first-order chi connectivity index (χ1) is 12.8. The van der Waals surface area contributed by atoms with Gasteiger partial charge in [0.05, 0.1) is 16.5 Å². The standard InChI is InChI=1S/C20H21Cl2FN2O2/c1-3-18(20(27)24-2)25(12-14-6-9-16(21)17(22)10-14)19(26)11-13-4-7-15(23)8-5-13/h4-10,18H,3,11-12H2,1-2H3,(H,24,27). The summed E-state index contributed by atoms with van der Waals surface area (Å²) >= 11 is 12.0. The highest BCUT2D eigenvalue weighted by molar-refractivity contribution is 6.42. The van der Waals surface area contributed by atoms with E-state index in [1.165, 1.54) is 24.1 Å². The quantitative estimate of drug-likeness (QED) is 0.742. The van der Waals surface area contributed by atoms with Crippen molar-refractivity contribution in [3.8, 4) is 0 Å². The Morgan fingerprint density at radius 1 is 1.07 bits per heavy atom. The third kappa shape index (κ3) is 5.68. The molecule has 7 heteroatoms. The molecule has 2 amide bonds. The van der Waals surface area contributed by atoms with Crippen molar-refractivity contribution in [2.24, 2.45) is 0 Å². The van der Waals surface area contributed by atoms with E-state index in [9.17, 15) is 14.0 Å². The molecule has 0 spiro atoms. The lowest BCUT2D eigenvalue weighted by molar-refractivity contribution is -0.140. The first-order valence-corrected chi connectivity index (χ1v) is 9.30. The van der Waals surface area contributed by atoms with Crippen LogP contribution in [0.1, 0.15) is 24.5 Å². The Hall–Kier alpha value is -2.11. The molecular weight excluding hydrogens is 390 g/mol. The minimum absolute atomic E-state index is 0.0646. The molecule has 0 aliphatic heterocycles. The fraction of sp³-hybridized carbons (Fsp3) is 0.300. The number of carbonyl (C=O) groups is 2. The van der Waals surface area contributed by atoms with Crippen LogP contribution in [-0.4, -0.2) is 29.8 Å². The van der Waals surface area contributed by atoms with E-state index in [0.29, 0.717) is 22.0 Å². The first kappa shape index (κ1) is 21.2. The summed E-state index contributed by atoms with van der Waals surface area (Å²) in [7, 11) is 1.53. The molecule has 1 unspecified atom stereocenters. The van der Waals surface area contributed by atoms with Crippen LogP contribution in [0.25, 0.3) is 0 Å². The van der Waals surface area contributed by atoms with Crippen LogP contribution in [0.4, 0.5) is 4.39 Å². The summed E-state index contributed by atoms with van der Waals surface area (Å²) in [4.78, 5) is 26.8. The summed E-state index contributed by atoms with van der Waals surface area (Å²) in [6.45, 7) is 2.05. The second kappa shape index (κ2) is 9.72. The Balaban J connectivity index is 2.29. The predicted octanol–water partition coefficient (Wildman–Crippen LogP) is 4.23. The van der Waals surface area contributed by atoms with Crippen molar-refractivity contribution in [2.75, 3.05) is 7.05 Å². The van der Waals surface area contributed by atoms with Crippen molar-refractivity contribution >= 4 is 35.0 Å². The van der Waals surface area contributed by atoms with Gasteiger partial charge in [0, 0.05) is 13.6 Å². The number of amides is 2. The molecular formula is C20H21Cl2FN2O2. The molecule has 2 aromatic carbocycles. The third-order valence-corrected chi connectivity index (χ3v) is 4.98. The van der Waals surface area contributed by atoms with Crippen LogP contribution in [0.3, 0.4) is 0 Å². The van der Waals surface area contributed by atoms with Gasteiger partial charge in [-0.3, -0.25) is 9.59 Å². The minimum Gasteiger partial charge on any atom is -0.357 e. The van der Waals surface area contributed by atoms with Gasteiger partial charge in [-0.15, -0.1) is 0 Å². The summed E-state index contributed by atoms with van der Waals surface area (Å²) in [6, 6.07) is 10.2. The van der Waals surface area contributed by atoms with Crippen LogP contribution in [0.15, 0.2) is 42.5 Å². The predicted molar refractivity (Wildman–Crippen MR) is 105 cm³/mol. The van der Waals surface area contributed by atoms with Crippen LogP contribution < -0.4 is 5.32 Å². The normalized spacial score (nSPS) is 11.7. The second-order valence-corrected chi connectivity index (χ2v) is 6.93. The Kier molecular flexibility index (Phi) is 7.63. The molecule has 0 heterocycles. The van der Waals surface area contributed by atoms with E-state index in [0.717, 1.165) is 5.56 Å². The number of rotatable bonds is 7. The molecule has 0 saturated carbocycles. The molecule has 4 nitrogen and oxygen atoms in total. The summed E-state index contributed by atoms with van der Waals surface area (Å²) in [5.41, 5.74) is 1.44. The topological polar surface area (TPSA) is 49.4 Å². The minimum atomic E-state index is -0.627. The summed E-state index contributed by atoms with van der Waals surface area (Å²) < 4.78 is 13.1. The molecule has 2 rings (SSSR count). The van der Waals surface area contributed by atoms with Gasteiger partial charge in [-0.05, 0) is 41.8 Å². The maximum absolute atomic E-state index is 13.1. The van der Waals surface area contributed by atoms with Crippen molar-refractivity contribution in [1.29, 1.82) is 0 Å². The van der Waals surface area contributed by atoms with Crippen molar-refractivity contribution < 1.29 is 14.0 Å². The fourth-order valence-electron chi connectivity index (χ4n) is 2.80. The van der Waals surface area contributed by atoms with E-state index in [4.69, 9.17) is 23.2 Å². The molecule has 0 saturated heterocycles. The van der Waals surface area contributed by atoms with Gasteiger partial charge in [0.25, 0.3) is 0 Å². The van der Waals surface area contributed by atoms with E-state index in [2.05, 4.69) is 5.32 Å². The zero-order valence-corrected chi connectivity index (χ0v) is 16.6. The largest absolute Gasteiger partial charge is 0.357 e. The third-order valence-electron chi connectivity index (χ3n) is 4.24. The van der Waals surface area contributed by atoms with Crippen molar-refractivity contribution in [3.05, 3.63) is 69.5 Å². The Morgan fingerprint density at radius 2 is 1.70 bits per heavy atom. The van der Waals surface area contributed by atoms with Crippen LogP contribution in [0.5, 0.6) is 0 Å². The molecule has 144 valence electrons. The van der Waals surface area contributed by atoms with Crippen LogP contribution >= 0.6 is 23.2 Å². The number of likely N-dealkylation sites (N-methyl/N-ethyl adjacent to an activating group) is 1. The maximum Gasteiger partial charge on any atom is 0.242 e. The molecule has 0 fully saturated rings. The highest BCUT2D eigenvalue weighted by Gasteiger charge is 2.28. The number of nitrogens with zero attached hydrogens (tertiary/aromatic N) is 1. The molecule has 1 N–H and O–H groups in total. The van der Waals surface area contributed by atoms with Gasteiger partial charge in [-0.25, -0.2) is 4.39 Å². The van der Waals surface area contributed by atoms with Gasteiger partial charge in [-0.2, -0.15) is 0 Å². The second-order valence-electron chi connectivity index (χ2n) is 6.11. The van der Waals surface area contributed by atoms with Crippen molar-refractivity contribution in [2.45, 2.75) is 32.4 Å². The van der Waals surface area contributed by atoms with Gasteiger partial charge in [0.15, 0.2) is 0 Å². The number of carbonyl (C=O) groups excluding carboxylic acids is 2. The van der Waals surface area contributed by atoms with Crippen molar-refractivity contribution in [1.82, 2.24) is 10.2 Å². The Morgan fingerprint density at radius 3 is 2.26 bits per heavy atom. The number of nitrogens with one attached hydrogen (secondary N) is 1. The summed E-state index contributed by atoms with van der Waals surface area (Å²) in [5, 5.41) is 3.40. The van der Waals surface area contributed by atoms with Gasteiger partial charge in [0.1, 0.15) is 11.9 Å². The zero-order chi connectivity index (χ0) is 20.0. The van der Waals surface area contributed by atoms with Crippen molar-refractivity contribution in [3.63, 3.8) is 0 Å². The van der Waals surface area contributed by atoms with E-state index < -0.39 is 6.04 Å². The average molecular weight is 411 g/mol. The number of hydrogen-bond donors (Lipinski definition) is 1. The monoisotopic (exact) mass is 410 g/mol. The van der Waals surface area contributed by atoms with Crippen LogP contribution in [0, 0.1) is 5.82 Å². The molecule has 27 heavy (non-hydrogen) atoms. The molecule has 0 radical (unpaired) electrons. The van der Waals surface area contributed by atoms with E-state index in [1.54, 1.807) is 30.3 Å². The fourth-order valence-corrected chi connectivity index (χ4v) is 3.12. The first-order valence-electron chi connectivity index (χ1n) is 8.55. The van der Waals surface area contributed by atoms with Gasteiger partial charge in [0.2, 0.25) is 11.8 Å². The van der Waals surface area contributed by atoms with Gasteiger partial charge >= 0.3 is 0 Å². The van der Waals surface area contributed by atoms with E-state index in [-0.39, 0.29) is 30.6 Å². The SMILES string of the molecule is CCC(C(=O)NC)N(Cc1ccc(Cl)c(Cl)c1)C(=O)Cc1ccc(F)cc1. The molecule has 0 aliphatic rings. The highest BCUT2D eigenvalue weighted by atomic mass is 35.5. The van der Waals surface area contributed by atoms with Crippen LogP contribution in [0.2, 0.25) is 10.0 Å². The van der Waals surface area contributed by atoms with E-state index >= 15 is 0 Å². The lowest BCUT2D eigenvalue weighted by atomic mass is 10.1. The molecule has 1 atom stereocenters. The number of hydrogen-bond acceptors (Lipinski definition) is 2. The van der Waals surface area contributed by atoms with Gasteiger partial charge < -0.3 is 10.2 Å². The average Bonchev–Trinajstić information content (AvgIpc) is 2.65. The molecule has 0 bridgehead atoms. The zero-order valence-electron chi connectivity index (χ0n) is 15.1. The van der Waals surface area contributed by atoms with Gasteiger partial charge in [-0.1, -0.05) is 48.3 Å². The lowest BCUT2D eigenvalue weighted by Gasteiger charge is -2.30. The maximum atomic E-state index is 13.1. The lowest BCUT2D eigenvalue weighted by Crippen LogP contribution is -2.48. The van der Waals surface area contributed by atoms with E-state index in [1.807, 2.05) is 6.92 Å². The summed E-state index contributed by atoms with van der Waals surface area (Å²) in [6.07, 6.45) is 0.519. The highest BCUT2D eigenvalue weighted by Crippen LogP contribution is 2.24. The molecule has 0 aliphatic carbocycles. The molecule has 0 aromatic heterocycles. The number of halogens is 3. The van der Waals surface area contributed by atoms with Crippen LogP contribution in [-0.2, 0) is 22.6 Å². The molecule has 2 aromatic rings.